The van der Waals surface area contributed by atoms with Crippen molar-refractivity contribution in [3.8, 4) is 0 Å². The summed E-state index contributed by atoms with van der Waals surface area (Å²) in [6, 6.07) is 1.81. The van der Waals surface area contributed by atoms with Crippen LogP contribution in [-0.4, -0.2) is 61.6 Å². The Morgan fingerprint density at radius 1 is 1.27 bits per heavy atom. The number of ether oxygens (including phenoxy) is 1. The third-order valence-corrected chi connectivity index (χ3v) is 5.73. The molecule has 0 spiro atoms. The van der Waals surface area contributed by atoms with Crippen molar-refractivity contribution in [1.82, 2.24) is 24.4 Å². The van der Waals surface area contributed by atoms with Crippen LogP contribution in [0.2, 0.25) is 0 Å². The second-order valence-corrected chi connectivity index (χ2v) is 9.17. The van der Waals surface area contributed by atoms with Gasteiger partial charge in [0.25, 0.3) is 11.5 Å². The van der Waals surface area contributed by atoms with E-state index >= 15 is 0 Å². The summed E-state index contributed by atoms with van der Waals surface area (Å²) in [6.07, 6.45) is 2.07. The highest BCUT2D eigenvalue weighted by Crippen LogP contribution is 2.25. The van der Waals surface area contributed by atoms with E-state index in [2.05, 4.69) is 10.1 Å². The predicted octanol–water partition coefficient (Wildman–Crippen LogP) is 2.19. The maximum absolute atomic E-state index is 12.9. The van der Waals surface area contributed by atoms with Crippen molar-refractivity contribution < 1.29 is 14.3 Å². The Morgan fingerprint density at radius 2 is 1.97 bits per heavy atom. The number of aromatic nitrogens is 3. The lowest BCUT2D eigenvalue weighted by Crippen LogP contribution is -2.43. The van der Waals surface area contributed by atoms with Crippen molar-refractivity contribution in [2.24, 2.45) is 5.92 Å². The summed E-state index contributed by atoms with van der Waals surface area (Å²) in [5.41, 5.74) is 1.40. The number of carbonyl (C=O) groups is 2. The zero-order valence-electron chi connectivity index (χ0n) is 18.0. The molecule has 2 aromatic rings. The molecule has 1 N–H and O–H groups in total. The van der Waals surface area contributed by atoms with Crippen molar-refractivity contribution in [2.45, 2.75) is 59.1 Å². The number of likely N-dealkylation sites (tertiary alicyclic amines) is 1. The second kappa shape index (κ2) is 7.45. The van der Waals surface area contributed by atoms with E-state index in [1.54, 1.807) is 9.80 Å². The van der Waals surface area contributed by atoms with Gasteiger partial charge in [-0.1, -0.05) is 6.92 Å². The number of hydrogen-bond acceptors (Lipinski definition) is 5. The van der Waals surface area contributed by atoms with E-state index in [9.17, 15) is 14.4 Å². The van der Waals surface area contributed by atoms with Gasteiger partial charge in [0.15, 0.2) is 5.65 Å². The van der Waals surface area contributed by atoms with E-state index in [1.807, 2.05) is 33.8 Å². The van der Waals surface area contributed by atoms with Gasteiger partial charge in [-0.3, -0.25) is 14.7 Å². The average Bonchev–Trinajstić information content (AvgIpc) is 3.24. The molecule has 0 saturated carbocycles. The number of carbonyl (C=O) groups excluding carboxylic acids is 2. The Balaban J connectivity index is 1.41. The van der Waals surface area contributed by atoms with E-state index in [4.69, 9.17) is 4.74 Å². The van der Waals surface area contributed by atoms with Gasteiger partial charge in [0, 0.05) is 31.4 Å². The Kier molecular flexibility index (Phi) is 5.07. The summed E-state index contributed by atoms with van der Waals surface area (Å²) in [7, 11) is 0. The molecule has 0 aromatic carbocycles. The zero-order chi connectivity index (χ0) is 21.6. The van der Waals surface area contributed by atoms with Crippen molar-refractivity contribution in [3.05, 3.63) is 33.4 Å². The molecule has 30 heavy (non-hydrogen) atoms. The van der Waals surface area contributed by atoms with E-state index in [1.165, 1.54) is 4.52 Å². The number of amides is 2. The van der Waals surface area contributed by atoms with E-state index in [-0.39, 0.29) is 35.7 Å². The Hall–Kier alpha value is -2.84. The molecular weight excluding hydrogens is 386 g/mol. The lowest BCUT2D eigenvalue weighted by atomic mass is 9.96. The highest BCUT2D eigenvalue weighted by atomic mass is 16.6. The number of H-pyrrole nitrogens is 1. The summed E-state index contributed by atoms with van der Waals surface area (Å²) in [5.74, 6) is 0.0969. The monoisotopic (exact) mass is 415 g/mol. The number of aromatic amines is 1. The molecule has 0 unspecified atom stereocenters. The van der Waals surface area contributed by atoms with Crippen LogP contribution in [-0.2, 0) is 17.7 Å². The van der Waals surface area contributed by atoms with Crippen LogP contribution >= 0.6 is 0 Å². The van der Waals surface area contributed by atoms with Crippen LogP contribution in [0.5, 0.6) is 0 Å². The highest BCUT2D eigenvalue weighted by Gasteiger charge is 2.35. The van der Waals surface area contributed by atoms with Gasteiger partial charge in [-0.2, -0.15) is 0 Å². The standard InChI is InChI=1S/C21H29N5O4/c1-5-14-10-16-22-17-15(18(27)26(16)23-14)12-25(19(17)28)11-13-6-8-24(9-7-13)20(29)30-21(2,3)4/h10,13,23H,5-9,11-12H2,1-4H3. The minimum Gasteiger partial charge on any atom is -0.444 e. The molecule has 0 radical (unpaired) electrons. The Bertz CT molecular complexity index is 1040. The highest BCUT2D eigenvalue weighted by molar-refractivity contribution is 5.96. The SMILES string of the molecule is CCc1cc2nc3c(c(=O)n2[nH]1)CN(CC1CCN(C(=O)OC(C)(C)C)CC1)C3=O. The zero-order valence-corrected chi connectivity index (χ0v) is 18.0. The molecule has 2 aromatic heterocycles. The van der Waals surface area contributed by atoms with Crippen LogP contribution in [0.15, 0.2) is 10.9 Å². The first-order chi connectivity index (χ1) is 14.2. The first kappa shape index (κ1) is 20.4. The number of rotatable bonds is 3. The van der Waals surface area contributed by atoms with E-state index in [0.29, 0.717) is 30.8 Å². The topological polar surface area (TPSA) is 100 Å². The Labute approximate surface area is 175 Å². The molecule has 4 rings (SSSR count). The maximum atomic E-state index is 12.9. The molecule has 2 amide bonds. The predicted molar refractivity (Wildman–Crippen MR) is 110 cm³/mol. The summed E-state index contributed by atoms with van der Waals surface area (Å²) in [4.78, 5) is 45.8. The molecule has 4 heterocycles. The number of nitrogens with zero attached hydrogens (tertiary/aromatic N) is 4. The number of nitrogens with one attached hydrogen (secondary N) is 1. The largest absolute Gasteiger partial charge is 0.444 e. The maximum Gasteiger partial charge on any atom is 0.410 e. The smallest absolute Gasteiger partial charge is 0.410 e. The minimum atomic E-state index is -0.509. The van der Waals surface area contributed by atoms with Gasteiger partial charge in [0.2, 0.25) is 0 Å². The first-order valence-corrected chi connectivity index (χ1v) is 10.6. The fraction of sp³-hybridized carbons (Fsp3) is 0.619. The van der Waals surface area contributed by atoms with Crippen LogP contribution < -0.4 is 5.56 Å². The quantitative estimate of drug-likeness (QED) is 0.828. The first-order valence-electron chi connectivity index (χ1n) is 10.6. The van der Waals surface area contributed by atoms with Crippen molar-refractivity contribution in [3.63, 3.8) is 0 Å². The van der Waals surface area contributed by atoms with Crippen molar-refractivity contribution >= 4 is 17.6 Å². The van der Waals surface area contributed by atoms with Crippen LogP contribution in [0.25, 0.3) is 5.65 Å². The lowest BCUT2D eigenvalue weighted by molar-refractivity contribution is 0.0167. The summed E-state index contributed by atoms with van der Waals surface area (Å²) >= 11 is 0. The fourth-order valence-electron chi connectivity index (χ4n) is 4.11. The van der Waals surface area contributed by atoms with Crippen LogP contribution in [0.3, 0.4) is 0 Å². The number of fused-ring (bicyclic) bond motifs is 2. The van der Waals surface area contributed by atoms with Gasteiger partial charge in [-0.15, -0.1) is 0 Å². The summed E-state index contributed by atoms with van der Waals surface area (Å²) < 4.78 is 6.86. The van der Waals surface area contributed by atoms with Crippen molar-refractivity contribution in [2.75, 3.05) is 19.6 Å². The molecule has 1 saturated heterocycles. The number of hydrogen-bond donors (Lipinski definition) is 1. The Morgan fingerprint density at radius 3 is 2.60 bits per heavy atom. The van der Waals surface area contributed by atoms with Gasteiger partial charge in [0.05, 0.1) is 12.1 Å². The van der Waals surface area contributed by atoms with Gasteiger partial charge < -0.3 is 14.5 Å². The average molecular weight is 415 g/mol. The van der Waals surface area contributed by atoms with Gasteiger partial charge in [-0.25, -0.2) is 14.3 Å². The number of piperidine rings is 1. The third kappa shape index (κ3) is 3.80. The molecule has 2 aliphatic heterocycles. The normalized spacial score (nSPS) is 17.7. The number of aryl methyl sites for hydroxylation is 1. The molecule has 0 aliphatic carbocycles. The molecule has 9 nitrogen and oxygen atoms in total. The summed E-state index contributed by atoms with van der Waals surface area (Å²) in [5, 5.41) is 3.05. The molecule has 1 fully saturated rings. The van der Waals surface area contributed by atoms with E-state index in [0.717, 1.165) is 25.0 Å². The van der Waals surface area contributed by atoms with Crippen LogP contribution in [0.1, 0.15) is 62.3 Å². The lowest BCUT2D eigenvalue weighted by Gasteiger charge is -2.34. The molecule has 0 atom stereocenters. The third-order valence-electron chi connectivity index (χ3n) is 5.73. The van der Waals surface area contributed by atoms with E-state index < -0.39 is 5.60 Å². The molecule has 2 aliphatic rings. The molecule has 9 heteroatoms. The molecule has 162 valence electrons. The summed E-state index contributed by atoms with van der Waals surface area (Å²) in [6.45, 7) is 9.63. The van der Waals surface area contributed by atoms with Crippen LogP contribution in [0.4, 0.5) is 4.79 Å². The minimum absolute atomic E-state index is 0.182. The van der Waals surface area contributed by atoms with Crippen molar-refractivity contribution in [1.29, 1.82) is 0 Å². The van der Waals surface area contributed by atoms with Gasteiger partial charge >= 0.3 is 6.09 Å². The fourth-order valence-corrected chi connectivity index (χ4v) is 4.11. The second-order valence-electron chi connectivity index (χ2n) is 9.17. The molecule has 0 bridgehead atoms. The van der Waals surface area contributed by atoms with Gasteiger partial charge in [0.1, 0.15) is 11.3 Å². The van der Waals surface area contributed by atoms with Crippen LogP contribution in [0, 0.1) is 5.92 Å². The molecular formula is C21H29N5O4. The van der Waals surface area contributed by atoms with Gasteiger partial charge in [-0.05, 0) is 46.0 Å².